The van der Waals surface area contributed by atoms with Crippen molar-refractivity contribution in [2.45, 2.75) is 13.0 Å². The molecule has 0 aliphatic rings. The Morgan fingerprint density at radius 2 is 1.92 bits per heavy atom. The molecule has 0 aliphatic heterocycles. The lowest BCUT2D eigenvalue weighted by molar-refractivity contribution is 0.721. The molecule has 0 saturated carbocycles. The molecule has 0 unspecified atom stereocenters. The lowest BCUT2D eigenvalue weighted by atomic mass is 9.99. The van der Waals surface area contributed by atoms with Crippen LogP contribution in [-0.2, 0) is 20.0 Å². The van der Waals surface area contributed by atoms with Crippen molar-refractivity contribution < 1.29 is 0 Å². The van der Waals surface area contributed by atoms with Gasteiger partial charge < -0.3 is 10.6 Å². The molecule has 7 heteroatoms. The molecule has 7 nitrogen and oxygen atoms in total. The standard InChI is InChI=1S/C19H21N7/c1-25(2)18-8-16(26(3)24-18)7-15-6-13(9-20)4-5-17(15)19-22-11-14(10-21)12-23-19/h4-6,8,11-12H,7,10,21H2,1-3H3. The van der Waals surface area contributed by atoms with Crippen LogP contribution < -0.4 is 10.6 Å². The lowest BCUT2D eigenvalue weighted by Gasteiger charge is -2.10. The van der Waals surface area contributed by atoms with E-state index in [-0.39, 0.29) is 0 Å². The van der Waals surface area contributed by atoms with Gasteiger partial charge in [0.25, 0.3) is 0 Å². The summed E-state index contributed by atoms with van der Waals surface area (Å²) in [6, 6.07) is 9.81. The van der Waals surface area contributed by atoms with Crippen molar-refractivity contribution in [3.63, 3.8) is 0 Å². The highest BCUT2D eigenvalue weighted by Gasteiger charge is 2.13. The summed E-state index contributed by atoms with van der Waals surface area (Å²) in [5.74, 6) is 1.51. The summed E-state index contributed by atoms with van der Waals surface area (Å²) in [7, 11) is 5.84. The van der Waals surface area contributed by atoms with E-state index in [1.165, 1.54) is 0 Å². The molecular formula is C19H21N7. The summed E-state index contributed by atoms with van der Waals surface area (Å²) in [6.45, 7) is 0.406. The van der Waals surface area contributed by atoms with Crippen LogP contribution in [0.3, 0.4) is 0 Å². The smallest absolute Gasteiger partial charge is 0.159 e. The number of nitrogens with zero attached hydrogens (tertiary/aromatic N) is 6. The van der Waals surface area contributed by atoms with Crippen LogP contribution in [0.4, 0.5) is 5.82 Å². The van der Waals surface area contributed by atoms with Crippen molar-refractivity contribution >= 4 is 5.82 Å². The average Bonchev–Trinajstić information content (AvgIpc) is 3.02. The Morgan fingerprint density at radius 1 is 1.19 bits per heavy atom. The van der Waals surface area contributed by atoms with Gasteiger partial charge in [-0.25, -0.2) is 9.97 Å². The van der Waals surface area contributed by atoms with Gasteiger partial charge in [-0.2, -0.15) is 10.4 Å². The molecule has 0 saturated heterocycles. The molecule has 0 atom stereocenters. The van der Waals surface area contributed by atoms with Crippen molar-refractivity contribution in [2.24, 2.45) is 12.8 Å². The maximum absolute atomic E-state index is 9.27. The highest BCUT2D eigenvalue weighted by atomic mass is 15.3. The lowest BCUT2D eigenvalue weighted by Crippen LogP contribution is -2.09. The topological polar surface area (TPSA) is 96.6 Å². The van der Waals surface area contributed by atoms with E-state index in [9.17, 15) is 5.26 Å². The van der Waals surface area contributed by atoms with Crippen LogP contribution in [0.1, 0.15) is 22.4 Å². The van der Waals surface area contributed by atoms with Crippen LogP contribution in [0.2, 0.25) is 0 Å². The normalized spacial score (nSPS) is 10.6. The first kappa shape index (κ1) is 17.6. The van der Waals surface area contributed by atoms with E-state index in [1.54, 1.807) is 18.5 Å². The van der Waals surface area contributed by atoms with Crippen molar-refractivity contribution in [3.8, 4) is 17.5 Å². The minimum absolute atomic E-state index is 0.406. The van der Waals surface area contributed by atoms with Crippen molar-refractivity contribution in [1.82, 2.24) is 19.7 Å². The molecule has 2 N–H and O–H groups in total. The molecule has 0 aliphatic carbocycles. The monoisotopic (exact) mass is 347 g/mol. The van der Waals surface area contributed by atoms with Gasteiger partial charge in [0.2, 0.25) is 0 Å². The maximum atomic E-state index is 9.27. The number of aryl methyl sites for hydroxylation is 1. The Kier molecular flexibility index (Phi) is 4.96. The molecule has 0 amide bonds. The van der Waals surface area contributed by atoms with Gasteiger partial charge in [0, 0.05) is 69.4 Å². The fourth-order valence-electron chi connectivity index (χ4n) is 2.70. The van der Waals surface area contributed by atoms with E-state index in [4.69, 9.17) is 5.73 Å². The molecule has 132 valence electrons. The van der Waals surface area contributed by atoms with E-state index < -0.39 is 0 Å². The number of hydrogen-bond acceptors (Lipinski definition) is 6. The van der Waals surface area contributed by atoms with E-state index in [0.29, 0.717) is 24.4 Å². The molecule has 3 rings (SSSR count). The zero-order valence-electron chi connectivity index (χ0n) is 15.1. The second-order valence-electron chi connectivity index (χ2n) is 6.29. The molecule has 2 heterocycles. The summed E-state index contributed by atoms with van der Waals surface area (Å²) in [4.78, 5) is 10.8. The zero-order chi connectivity index (χ0) is 18.7. The second-order valence-corrected chi connectivity index (χ2v) is 6.29. The van der Waals surface area contributed by atoms with Gasteiger partial charge in [0.15, 0.2) is 5.82 Å². The van der Waals surface area contributed by atoms with Crippen LogP contribution in [0.5, 0.6) is 0 Å². The molecule has 1 aromatic carbocycles. The van der Waals surface area contributed by atoms with Crippen LogP contribution >= 0.6 is 0 Å². The third-order valence-electron chi connectivity index (χ3n) is 4.21. The number of benzene rings is 1. The first-order valence-corrected chi connectivity index (χ1v) is 8.26. The number of anilines is 1. The van der Waals surface area contributed by atoms with Crippen molar-refractivity contribution in [1.29, 1.82) is 5.26 Å². The first-order chi connectivity index (χ1) is 12.5. The van der Waals surface area contributed by atoms with E-state index in [2.05, 4.69) is 21.1 Å². The molecular weight excluding hydrogens is 326 g/mol. The molecule has 2 aromatic heterocycles. The molecule has 26 heavy (non-hydrogen) atoms. The van der Waals surface area contributed by atoms with Crippen molar-refractivity contribution in [3.05, 3.63) is 59.0 Å². The highest BCUT2D eigenvalue weighted by molar-refractivity contribution is 5.63. The third-order valence-corrected chi connectivity index (χ3v) is 4.21. The predicted octanol–water partition coefficient (Wildman–Crippen LogP) is 1.86. The summed E-state index contributed by atoms with van der Waals surface area (Å²) in [5, 5.41) is 13.8. The van der Waals surface area contributed by atoms with Gasteiger partial charge in [-0.1, -0.05) is 0 Å². The van der Waals surface area contributed by atoms with Crippen LogP contribution in [-0.4, -0.2) is 33.8 Å². The second kappa shape index (κ2) is 7.33. The summed E-state index contributed by atoms with van der Waals surface area (Å²) < 4.78 is 1.86. The summed E-state index contributed by atoms with van der Waals surface area (Å²) in [5.41, 5.74) is 10.0. The van der Waals surface area contributed by atoms with Crippen LogP contribution in [0.15, 0.2) is 36.7 Å². The number of nitrogens with two attached hydrogens (primary N) is 1. The quantitative estimate of drug-likeness (QED) is 0.757. The Hall–Kier alpha value is -3.24. The highest BCUT2D eigenvalue weighted by Crippen LogP contribution is 2.25. The first-order valence-electron chi connectivity index (χ1n) is 8.26. The van der Waals surface area contributed by atoms with Gasteiger partial charge in [0.1, 0.15) is 5.82 Å². The van der Waals surface area contributed by atoms with Gasteiger partial charge >= 0.3 is 0 Å². The van der Waals surface area contributed by atoms with Gasteiger partial charge in [-0.15, -0.1) is 0 Å². The molecule has 0 radical (unpaired) electrons. The number of rotatable bonds is 5. The Labute approximate surface area is 152 Å². The Balaban J connectivity index is 2.03. The Bertz CT molecular complexity index is 949. The van der Waals surface area contributed by atoms with E-state index >= 15 is 0 Å². The van der Waals surface area contributed by atoms with Crippen LogP contribution in [0.25, 0.3) is 11.4 Å². The van der Waals surface area contributed by atoms with Gasteiger partial charge in [0.05, 0.1) is 11.6 Å². The predicted molar refractivity (Wildman–Crippen MR) is 100 cm³/mol. The number of nitriles is 1. The SMILES string of the molecule is CN(C)c1cc(Cc2cc(C#N)ccc2-c2ncc(CN)cn2)n(C)n1. The molecule has 0 spiro atoms. The summed E-state index contributed by atoms with van der Waals surface area (Å²) >= 11 is 0. The minimum atomic E-state index is 0.406. The number of aromatic nitrogens is 4. The van der Waals surface area contributed by atoms with E-state index in [0.717, 1.165) is 28.2 Å². The molecule has 0 bridgehead atoms. The average molecular weight is 347 g/mol. The number of hydrogen-bond donors (Lipinski definition) is 1. The van der Waals surface area contributed by atoms with Gasteiger partial charge in [-0.3, -0.25) is 4.68 Å². The maximum Gasteiger partial charge on any atom is 0.159 e. The van der Waals surface area contributed by atoms with E-state index in [1.807, 2.05) is 48.9 Å². The largest absolute Gasteiger partial charge is 0.361 e. The van der Waals surface area contributed by atoms with Gasteiger partial charge in [-0.05, 0) is 23.8 Å². The third kappa shape index (κ3) is 3.55. The zero-order valence-corrected chi connectivity index (χ0v) is 15.1. The fourth-order valence-corrected chi connectivity index (χ4v) is 2.70. The molecule has 3 aromatic rings. The van der Waals surface area contributed by atoms with Crippen molar-refractivity contribution in [2.75, 3.05) is 19.0 Å². The Morgan fingerprint density at radius 3 is 2.50 bits per heavy atom. The molecule has 0 fully saturated rings. The van der Waals surface area contributed by atoms with Crippen LogP contribution in [0, 0.1) is 11.3 Å². The fraction of sp³-hybridized carbons (Fsp3) is 0.263. The minimum Gasteiger partial charge on any atom is -0.361 e. The summed E-state index contributed by atoms with van der Waals surface area (Å²) in [6.07, 6.45) is 4.10.